The third-order valence-electron chi connectivity index (χ3n) is 23.0. The molecule has 4 aliphatic carbocycles. The number of rotatable bonds is 34. The van der Waals surface area contributed by atoms with Crippen LogP contribution in [0.4, 0.5) is 26.2 Å². The highest BCUT2D eigenvalue weighted by atomic mass is 32.1. The number of anilines is 3. The Labute approximate surface area is 674 Å². The first-order valence-corrected chi connectivity index (χ1v) is 40.3. The summed E-state index contributed by atoms with van der Waals surface area (Å²) in [5.74, 6) is -3.52. The number of ether oxygens (including phenoxy) is 4. The van der Waals surface area contributed by atoms with Crippen LogP contribution < -0.4 is 42.0 Å². The topological polar surface area (TPSA) is 431 Å². The molecule has 5 fully saturated rings. The number of unbranched alkanes of at least 4 members (excludes halogenated alkanes) is 2. The van der Waals surface area contributed by atoms with Crippen LogP contribution in [0.15, 0.2) is 121 Å². The van der Waals surface area contributed by atoms with Gasteiger partial charge in [-0.15, -0.1) is 0 Å². The molecular weight excluding hydrogens is 1510 g/mol. The maximum Gasteiger partial charge on any atom is 0.410 e. The summed E-state index contributed by atoms with van der Waals surface area (Å²) in [5.41, 5.74) is 10.7. The van der Waals surface area contributed by atoms with Crippen LogP contribution in [-0.4, -0.2) is 196 Å². The highest BCUT2D eigenvalue weighted by molar-refractivity contribution is 7.22. The summed E-state index contributed by atoms with van der Waals surface area (Å²) in [4.78, 5) is 132. The van der Waals surface area contributed by atoms with Crippen molar-refractivity contribution in [3.05, 3.63) is 161 Å². The number of nitrogens with two attached hydrogens (primary N) is 1. The number of aromatic nitrogens is 4. The number of aromatic carboxylic acids is 1. The lowest BCUT2D eigenvalue weighted by atomic mass is 9.39. The van der Waals surface area contributed by atoms with Crippen molar-refractivity contribution in [2.24, 2.45) is 27.9 Å². The Hall–Kier alpha value is -10.7. The number of carboxylic acids is 1. The molecule has 12 N–H and O–H groups in total. The zero-order valence-electron chi connectivity index (χ0n) is 65.6. The van der Waals surface area contributed by atoms with Gasteiger partial charge in [-0.3, -0.25) is 43.7 Å². The number of primary amides is 1. The SMILES string of the molecule is Cc1c(-c2ccc(N3CCc4cccc(C(=O)Nc5nc6ccccc6s5)c4C3)nc2C(=O)O)cnn1CC12CC3(C)CC(C)(C1)CC(OCCN(Cc1ccc(O[C@@H]4O[C@H](CO)[C@@H](O)[C@H](O)[C@H]4O)cc1)C(=O)OCc1ccc(NC(=O)[C@H](CCCNC(N)=O)NC(=O)[C@@H](NC(=O)CCCCCN4C(=O)C=CC4=O)C(C)C)cc1)(C3)C2. The molecule has 616 valence electrons. The summed E-state index contributed by atoms with van der Waals surface area (Å²) in [6.45, 7) is 11.3. The van der Waals surface area contributed by atoms with Crippen molar-refractivity contribution in [3.8, 4) is 16.9 Å². The van der Waals surface area contributed by atoms with E-state index in [0.717, 1.165) is 64.0 Å². The molecule has 3 aliphatic heterocycles. The molecular formula is C84H101N13O18S. The number of carbonyl (C=O) groups excluding carboxylic acids is 8. The predicted molar refractivity (Wildman–Crippen MR) is 427 cm³/mol. The highest BCUT2D eigenvalue weighted by Crippen LogP contribution is 2.72. The zero-order valence-corrected chi connectivity index (χ0v) is 66.4. The number of carbonyl (C=O) groups is 9. The van der Waals surface area contributed by atoms with Crippen molar-refractivity contribution in [1.29, 1.82) is 0 Å². The number of carboxylic acid groups (broad SMARTS) is 1. The number of aliphatic hydroxyl groups is 4. The molecule has 7 aliphatic rings. The molecule has 7 aromatic rings. The molecule has 0 spiro atoms. The number of aliphatic hydroxyl groups excluding tert-OH is 4. The number of para-hydroxylation sites is 1. The van der Waals surface area contributed by atoms with Gasteiger partial charge in [0, 0.05) is 92.5 Å². The van der Waals surface area contributed by atoms with Crippen LogP contribution >= 0.6 is 11.3 Å². The summed E-state index contributed by atoms with van der Waals surface area (Å²) < 4.78 is 27.7. The van der Waals surface area contributed by atoms with Gasteiger partial charge in [-0.05, 0) is 177 Å². The lowest BCUT2D eigenvalue weighted by Crippen LogP contribution is -2.64. The average Bonchev–Trinajstić information content (AvgIpc) is 1.08. The Morgan fingerprint density at radius 2 is 1.51 bits per heavy atom. The minimum absolute atomic E-state index is 0.0388. The number of imide groups is 1. The van der Waals surface area contributed by atoms with Crippen LogP contribution in [0.2, 0.25) is 0 Å². The van der Waals surface area contributed by atoms with E-state index in [-0.39, 0.29) is 110 Å². The van der Waals surface area contributed by atoms with Gasteiger partial charge in [-0.25, -0.2) is 24.4 Å². The van der Waals surface area contributed by atoms with Crippen molar-refractivity contribution < 1.29 is 87.6 Å². The van der Waals surface area contributed by atoms with Crippen LogP contribution in [0.25, 0.3) is 21.3 Å². The lowest BCUT2D eigenvalue weighted by molar-refractivity contribution is -0.277. The molecule has 1 saturated heterocycles. The van der Waals surface area contributed by atoms with Gasteiger partial charge in [0.2, 0.25) is 24.0 Å². The summed E-state index contributed by atoms with van der Waals surface area (Å²) in [5, 5.41) is 71.6. The zero-order chi connectivity index (χ0) is 82.4. The normalized spacial score (nSPS) is 23.7. The summed E-state index contributed by atoms with van der Waals surface area (Å²) in [6, 6.07) is 27.3. The van der Waals surface area contributed by atoms with Crippen molar-refractivity contribution >= 4 is 91.7 Å². The van der Waals surface area contributed by atoms with E-state index in [4.69, 9.17) is 34.8 Å². The number of amides is 9. The highest BCUT2D eigenvalue weighted by Gasteiger charge is 2.66. The van der Waals surface area contributed by atoms with Gasteiger partial charge in [0.25, 0.3) is 17.7 Å². The van der Waals surface area contributed by atoms with E-state index < -0.39 is 90.8 Å². The molecule has 4 bridgehead atoms. The quantitative estimate of drug-likeness (QED) is 0.0134. The number of nitrogens with zero attached hydrogens (tertiary/aromatic N) is 7. The largest absolute Gasteiger partial charge is 0.476 e. The van der Waals surface area contributed by atoms with Gasteiger partial charge in [0.1, 0.15) is 54.7 Å². The number of pyridine rings is 1. The minimum Gasteiger partial charge on any atom is -0.476 e. The van der Waals surface area contributed by atoms with E-state index in [1.54, 1.807) is 80.7 Å². The van der Waals surface area contributed by atoms with Crippen LogP contribution in [0.1, 0.15) is 154 Å². The van der Waals surface area contributed by atoms with Gasteiger partial charge in [0.15, 0.2) is 10.8 Å². The smallest absolute Gasteiger partial charge is 0.410 e. The first-order valence-electron chi connectivity index (χ1n) is 39.4. The third kappa shape index (κ3) is 19.3. The van der Waals surface area contributed by atoms with E-state index in [2.05, 4.69) is 45.4 Å². The van der Waals surface area contributed by atoms with Crippen molar-refractivity contribution in [2.45, 2.75) is 193 Å². The van der Waals surface area contributed by atoms with E-state index in [1.165, 1.54) is 28.4 Å². The number of hydrogen-bond donors (Lipinski definition) is 11. The number of benzene rings is 4. The lowest BCUT2D eigenvalue weighted by Gasteiger charge is -2.69. The second-order valence-corrected chi connectivity index (χ2v) is 33.8. The van der Waals surface area contributed by atoms with E-state index in [0.29, 0.717) is 96.2 Å². The van der Waals surface area contributed by atoms with Gasteiger partial charge in [-0.1, -0.05) is 94.0 Å². The number of nitrogens with one attached hydrogen (secondary N) is 5. The van der Waals surface area contributed by atoms with E-state index >= 15 is 0 Å². The fraction of sp³-hybridized carbons (Fsp3) is 0.476. The Balaban J connectivity index is 0.665. The number of fused-ring (bicyclic) bond motifs is 2. The Morgan fingerprint density at radius 3 is 2.22 bits per heavy atom. The summed E-state index contributed by atoms with van der Waals surface area (Å²) in [7, 11) is 0. The second-order valence-electron chi connectivity index (χ2n) is 32.8. The van der Waals surface area contributed by atoms with Crippen LogP contribution in [0.5, 0.6) is 5.75 Å². The van der Waals surface area contributed by atoms with Crippen molar-refractivity contribution in [2.75, 3.05) is 54.9 Å². The molecule has 2 unspecified atom stereocenters. The molecule has 4 aromatic carbocycles. The molecule has 9 amide bonds. The Morgan fingerprint density at radius 1 is 0.776 bits per heavy atom. The summed E-state index contributed by atoms with van der Waals surface area (Å²) in [6.07, 6.45) is 3.57. The first-order chi connectivity index (χ1) is 55.5. The monoisotopic (exact) mass is 1610 g/mol. The molecule has 32 heteroatoms. The maximum absolute atomic E-state index is 14.6. The second kappa shape index (κ2) is 35.4. The first kappa shape index (κ1) is 83.2. The molecule has 4 saturated carbocycles. The number of thiazole rings is 1. The fourth-order valence-corrected chi connectivity index (χ4v) is 19.4. The van der Waals surface area contributed by atoms with Crippen LogP contribution in [-0.2, 0) is 70.8 Å². The van der Waals surface area contributed by atoms with Crippen LogP contribution in [0, 0.1) is 29.1 Å². The molecule has 6 heterocycles. The molecule has 0 radical (unpaired) electrons. The summed E-state index contributed by atoms with van der Waals surface area (Å²) >= 11 is 1.40. The fourth-order valence-electron chi connectivity index (χ4n) is 18.6. The number of urea groups is 1. The van der Waals surface area contributed by atoms with Gasteiger partial charge >= 0.3 is 18.1 Å². The van der Waals surface area contributed by atoms with E-state index in [9.17, 15) is 68.7 Å². The van der Waals surface area contributed by atoms with Gasteiger partial charge in [-0.2, -0.15) is 5.10 Å². The van der Waals surface area contributed by atoms with Crippen LogP contribution in [0.3, 0.4) is 0 Å². The Bertz CT molecular complexity index is 4790. The molecule has 116 heavy (non-hydrogen) atoms. The molecule has 14 rings (SSSR count). The molecule has 31 nitrogen and oxygen atoms in total. The number of hydrogen-bond acceptors (Lipinski definition) is 22. The maximum atomic E-state index is 14.6. The van der Waals surface area contributed by atoms with E-state index in [1.807, 2.05) is 59.0 Å². The van der Waals surface area contributed by atoms with Crippen molar-refractivity contribution in [1.82, 2.24) is 45.5 Å². The van der Waals surface area contributed by atoms with Gasteiger partial charge < -0.3 is 81.3 Å². The van der Waals surface area contributed by atoms with Crippen molar-refractivity contribution in [3.63, 3.8) is 0 Å². The average molecular weight is 1610 g/mol. The van der Waals surface area contributed by atoms with Gasteiger partial charge in [0.05, 0.1) is 35.2 Å². The predicted octanol–water partition coefficient (Wildman–Crippen LogP) is 8.03. The Kier molecular flexibility index (Phi) is 25.4. The standard InChI is InChI=1S/C84H101N13O18S/c1-49(2)68(92-65(99)18-7-6-10-33-96-66(100)29-30-67(96)101)75(107)89-61(16-12-32-86-78(85)110)74(106)88-54-23-19-52(20-24-54)41-112-80(111)95(38-51-21-25-55(26-22-51)114-77-72(104)71(103)70(102)62(40-98)115-77)35-36-113-84-45-81(4)42-82(5,46-84)44-83(43-81,47-84)48-97-50(3)58(37-87-97)56-27-28-64(91-69(56)76(108)109)94-34-31-53-13-11-14-57(59(53)39-94)73(105)93-79-90-60-15-8-9-17-63(60)116-79/h8-9,11,13-15,17,19-30,37,49,61-62,68,70-72,77,98,102-104H,6-7,10,12,16,18,31-36,38-48H2,1-5H3,(H,88,106)(H,89,107)(H,92,99)(H,108,109)(H3,85,86,110)(H,90,93,105)/t61-,62+,68-,70+,71-,72+,77+,81?,82?,83?,84?/m0/s1. The minimum atomic E-state index is -1.66. The molecule has 9 atom stereocenters. The molecule has 3 aromatic heterocycles. The third-order valence-corrected chi connectivity index (χ3v) is 24.0.